The molecule has 0 fully saturated rings. The number of hydrogen-bond donors (Lipinski definition) is 2. The number of nitrogens with zero attached hydrogens (tertiary/aromatic N) is 2. The normalized spacial score (nSPS) is 16.2. The summed E-state index contributed by atoms with van der Waals surface area (Å²) in [4.78, 5) is 58.5. The Hall–Kier alpha value is -2.47. The first kappa shape index (κ1) is 22.7. The van der Waals surface area contributed by atoms with E-state index in [4.69, 9.17) is 0 Å². The number of benzene rings is 1. The Bertz CT molecular complexity index is 1200. The van der Waals surface area contributed by atoms with E-state index in [2.05, 4.69) is 25.1 Å². The third-order valence-electron chi connectivity index (χ3n) is 5.25. The van der Waals surface area contributed by atoms with E-state index in [1.165, 1.54) is 4.90 Å². The Morgan fingerprint density at radius 1 is 1.16 bits per heavy atom. The molecule has 0 spiro atoms. The minimum atomic E-state index is -1.97. The molecule has 1 aromatic heterocycles. The summed E-state index contributed by atoms with van der Waals surface area (Å²) >= 11 is -1.97. The minimum absolute atomic E-state index is 0.148. The molecule has 2 N–H and O–H groups in total. The van der Waals surface area contributed by atoms with Crippen molar-refractivity contribution in [2.75, 3.05) is 11.9 Å². The summed E-state index contributed by atoms with van der Waals surface area (Å²) < 4.78 is 2.74. The third kappa shape index (κ3) is 4.13. The van der Waals surface area contributed by atoms with E-state index in [9.17, 15) is 19.2 Å². The second-order valence-electron chi connectivity index (χ2n) is 8.64. The summed E-state index contributed by atoms with van der Waals surface area (Å²) in [6.07, 6.45) is 1.08. The molecule has 0 bridgehead atoms. The molecular weight excluding hydrogens is 543 g/mol. The Balaban J connectivity index is 1.46. The quantitative estimate of drug-likeness (QED) is 0.250. The van der Waals surface area contributed by atoms with Crippen molar-refractivity contribution in [3.63, 3.8) is 0 Å². The van der Waals surface area contributed by atoms with Crippen LogP contribution in [0.5, 0.6) is 0 Å². The molecule has 2 aliphatic heterocycles. The van der Waals surface area contributed by atoms with Crippen LogP contribution in [0.25, 0.3) is 5.57 Å². The van der Waals surface area contributed by atoms with E-state index in [1.807, 2.05) is 4.08 Å². The predicted molar refractivity (Wildman–Crippen MR) is 135 cm³/mol. The van der Waals surface area contributed by atoms with Crippen LogP contribution in [-0.2, 0) is 14.6 Å². The number of amides is 3. The van der Waals surface area contributed by atoms with E-state index in [-0.39, 0.29) is 35.8 Å². The fourth-order valence-corrected chi connectivity index (χ4v) is 8.66. The van der Waals surface area contributed by atoms with Gasteiger partial charge in [0.25, 0.3) is 0 Å². The number of imide groups is 1. The Labute approximate surface area is 196 Å². The van der Waals surface area contributed by atoms with Gasteiger partial charge in [-0.1, -0.05) is 0 Å². The Morgan fingerprint density at radius 3 is 2.38 bits per heavy atom. The zero-order chi connectivity index (χ0) is 23.2. The second kappa shape index (κ2) is 8.47. The molecule has 2 aliphatic rings. The Kier molecular flexibility index (Phi) is 6.01. The molecule has 8 nitrogen and oxygen atoms in total. The van der Waals surface area contributed by atoms with Crippen molar-refractivity contribution in [1.82, 2.24) is 14.9 Å². The number of hydrogen-bond acceptors (Lipinski definition) is 5. The van der Waals surface area contributed by atoms with Crippen molar-refractivity contribution in [2.45, 2.75) is 33.6 Å². The van der Waals surface area contributed by atoms with Gasteiger partial charge in [-0.3, -0.25) is 0 Å². The van der Waals surface area contributed by atoms with Gasteiger partial charge in [0.1, 0.15) is 0 Å². The Morgan fingerprint density at radius 2 is 1.78 bits per heavy atom. The van der Waals surface area contributed by atoms with Crippen molar-refractivity contribution >= 4 is 57.5 Å². The molecule has 4 rings (SSSR count). The van der Waals surface area contributed by atoms with Crippen molar-refractivity contribution in [1.29, 1.82) is 0 Å². The predicted octanol–water partition coefficient (Wildman–Crippen LogP) is 2.79. The van der Waals surface area contributed by atoms with E-state index in [0.717, 1.165) is 5.57 Å². The van der Waals surface area contributed by atoms with Crippen LogP contribution >= 0.6 is 18.4 Å². The SMILES string of the molecule is CC(C)(C)C(=O)Nc1nc2c(c(=O)[nH]1)C(CCCN1C(=O)c3ccccc3C1=O)=CI2[SH2+]. The van der Waals surface area contributed by atoms with Crippen LogP contribution in [0.15, 0.2) is 33.1 Å². The van der Waals surface area contributed by atoms with Gasteiger partial charge in [0.05, 0.1) is 0 Å². The zero-order valence-corrected chi connectivity index (χ0v) is 21.1. The average Bonchev–Trinajstić information content (AvgIpc) is 3.17. The number of allylic oxidation sites excluding steroid dienone is 1. The molecular formula is C22H24IN4O4S+. The van der Waals surface area contributed by atoms with Crippen LogP contribution in [0.1, 0.15) is 59.9 Å². The van der Waals surface area contributed by atoms with Gasteiger partial charge >= 0.3 is 197 Å². The second-order valence-corrected chi connectivity index (χ2v) is 14.8. The number of nitrogens with one attached hydrogen (secondary N) is 2. The summed E-state index contributed by atoms with van der Waals surface area (Å²) in [6.45, 7) is 5.62. The number of anilines is 1. The van der Waals surface area contributed by atoms with Crippen molar-refractivity contribution in [3.8, 4) is 0 Å². The first-order chi connectivity index (χ1) is 15.1. The molecule has 0 saturated carbocycles. The molecule has 0 saturated heterocycles. The molecule has 0 atom stereocenters. The summed E-state index contributed by atoms with van der Waals surface area (Å²) in [5.41, 5.74) is 1.34. The number of carbonyl (C=O) groups is 3. The fraction of sp³-hybridized carbons (Fsp3) is 0.318. The number of rotatable bonds is 5. The molecule has 2 aromatic rings. The topological polar surface area (TPSA) is 112 Å². The first-order valence-electron chi connectivity index (χ1n) is 10.1. The van der Waals surface area contributed by atoms with Gasteiger partial charge in [-0.15, -0.1) is 0 Å². The fourth-order valence-electron chi connectivity index (χ4n) is 3.51. The van der Waals surface area contributed by atoms with E-state index >= 15 is 0 Å². The van der Waals surface area contributed by atoms with Gasteiger partial charge in [0.2, 0.25) is 0 Å². The maximum atomic E-state index is 12.8. The molecule has 3 amide bonds. The van der Waals surface area contributed by atoms with Gasteiger partial charge < -0.3 is 0 Å². The third-order valence-corrected chi connectivity index (χ3v) is 10.4. The molecule has 3 heterocycles. The van der Waals surface area contributed by atoms with Gasteiger partial charge in [-0.2, -0.15) is 0 Å². The van der Waals surface area contributed by atoms with Gasteiger partial charge in [0, 0.05) is 0 Å². The van der Waals surface area contributed by atoms with Gasteiger partial charge in [-0.05, 0) is 0 Å². The summed E-state index contributed by atoms with van der Waals surface area (Å²) in [5.74, 6) is -0.644. The number of halogens is 1. The van der Waals surface area contributed by atoms with Crippen LogP contribution in [-0.4, -0.2) is 39.1 Å². The molecule has 32 heavy (non-hydrogen) atoms. The number of aromatic amines is 1. The number of aromatic nitrogens is 2. The molecule has 10 heteroatoms. The van der Waals surface area contributed by atoms with Crippen LogP contribution in [0.2, 0.25) is 0 Å². The van der Waals surface area contributed by atoms with Crippen molar-refractivity contribution < 1.29 is 14.4 Å². The van der Waals surface area contributed by atoms with Gasteiger partial charge in [-0.25, -0.2) is 0 Å². The number of fused-ring (bicyclic) bond motifs is 2. The number of H-pyrrole nitrogens is 1. The molecule has 0 unspecified atom stereocenters. The standard InChI is InChI=1S/C22H23IN4O4S/c1-22(2,3)20(31)26-21-24-16-15(17(28)25-21)12(11-23(16)32)7-6-10-27-18(29)13-8-4-5-9-14(13)19(27)30/h4-5,8-9,11,32H,6-7,10H2,1-3H3,(H2,24,25,26,28,31)/p+1. The molecule has 0 aliphatic carbocycles. The first-order valence-corrected chi connectivity index (χ1v) is 16.0. The summed E-state index contributed by atoms with van der Waals surface area (Å²) in [6, 6.07) is 6.81. The zero-order valence-electron chi connectivity index (χ0n) is 17.9. The van der Waals surface area contributed by atoms with Crippen LogP contribution in [0.3, 0.4) is 0 Å². The van der Waals surface area contributed by atoms with E-state index in [0.29, 0.717) is 33.2 Å². The van der Waals surface area contributed by atoms with E-state index in [1.54, 1.807) is 45.0 Å². The van der Waals surface area contributed by atoms with Crippen LogP contribution in [0, 0.1) is 9.12 Å². The van der Waals surface area contributed by atoms with Crippen molar-refractivity contribution in [2.24, 2.45) is 5.41 Å². The maximum absolute atomic E-state index is 12.8. The number of carbonyl (C=O) groups excluding carboxylic acids is 3. The monoisotopic (exact) mass is 567 g/mol. The molecule has 0 radical (unpaired) electrons. The van der Waals surface area contributed by atoms with E-state index < -0.39 is 23.8 Å². The molecule has 1 aromatic carbocycles. The van der Waals surface area contributed by atoms with Crippen molar-refractivity contribution in [3.05, 3.63) is 59.1 Å². The average molecular weight is 567 g/mol. The summed E-state index contributed by atoms with van der Waals surface area (Å²) in [5, 5.41) is 2.68. The van der Waals surface area contributed by atoms with Gasteiger partial charge in [0.15, 0.2) is 0 Å². The van der Waals surface area contributed by atoms with Crippen LogP contribution in [0.4, 0.5) is 5.95 Å². The molecule has 168 valence electrons. The van der Waals surface area contributed by atoms with Crippen LogP contribution < -0.4 is 10.9 Å². The summed E-state index contributed by atoms with van der Waals surface area (Å²) in [7, 11) is 3.74.